The van der Waals surface area contributed by atoms with Crippen molar-refractivity contribution in [3.05, 3.63) is 78.0 Å². The molecule has 8 nitrogen and oxygen atoms in total. The Morgan fingerprint density at radius 3 is 2.59 bits per heavy atom. The Hall–Kier alpha value is -3.88. The van der Waals surface area contributed by atoms with E-state index in [0.717, 1.165) is 5.56 Å². The van der Waals surface area contributed by atoms with Crippen LogP contribution in [-0.2, 0) is 5.41 Å². The van der Waals surface area contributed by atoms with Crippen molar-refractivity contribution in [1.29, 1.82) is 0 Å². The minimum absolute atomic E-state index is 0.227. The summed E-state index contributed by atoms with van der Waals surface area (Å²) in [5.41, 5.74) is 1.51. The molecule has 164 valence electrons. The van der Waals surface area contributed by atoms with E-state index in [1.165, 1.54) is 18.5 Å². The van der Waals surface area contributed by atoms with Crippen molar-refractivity contribution in [2.75, 3.05) is 0 Å². The lowest BCUT2D eigenvalue weighted by atomic mass is 9.96. The molecule has 32 heavy (non-hydrogen) atoms. The summed E-state index contributed by atoms with van der Waals surface area (Å²) in [7, 11) is 0. The quantitative estimate of drug-likeness (QED) is 0.504. The minimum Gasteiger partial charge on any atom is -0.344 e. The lowest BCUT2D eigenvalue weighted by Crippen LogP contribution is -2.26. The fraction of sp³-hybridized carbons (Fsp3) is 0.261. The van der Waals surface area contributed by atoms with E-state index in [-0.39, 0.29) is 28.9 Å². The maximum absolute atomic E-state index is 13.1. The van der Waals surface area contributed by atoms with Gasteiger partial charge in [-0.2, -0.15) is 4.98 Å². The molecule has 3 aromatic heterocycles. The van der Waals surface area contributed by atoms with Crippen molar-refractivity contribution >= 4 is 5.91 Å². The van der Waals surface area contributed by atoms with E-state index in [1.807, 2.05) is 27.7 Å². The van der Waals surface area contributed by atoms with Gasteiger partial charge in [0.15, 0.2) is 5.82 Å². The molecule has 0 aliphatic heterocycles. The molecule has 3 heterocycles. The van der Waals surface area contributed by atoms with Gasteiger partial charge in [0.25, 0.3) is 11.8 Å². The summed E-state index contributed by atoms with van der Waals surface area (Å²) < 4.78 is 20.2. The molecule has 1 amide bonds. The first-order chi connectivity index (χ1) is 15.2. The molecular weight excluding hydrogens is 411 g/mol. The summed E-state index contributed by atoms with van der Waals surface area (Å²) in [5.74, 6) is 0.892. The fourth-order valence-corrected chi connectivity index (χ4v) is 3.01. The molecule has 0 fully saturated rings. The fourth-order valence-electron chi connectivity index (χ4n) is 3.01. The largest absolute Gasteiger partial charge is 0.344 e. The zero-order chi connectivity index (χ0) is 22.9. The van der Waals surface area contributed by atoms with Crippen LogP contribution in [0, 0.1) is 5.82 Å². The SMILES string of the molecule is C[C@@H](NC(=O)c1cn(-c2cc(-c3nc(C(C)(C)C)no3)ccn2)cn1)c1ccc(F)cc1. The van der Waals surface area contributed by atoms with Gasteiger partial charge < -0.3 is 9.84 Å². The van der Waals surface area contributed by atoms with Crippen LogP contribution in [0.4, 0.5) is 4.39 Å². The Labute approximate surface area is 184 Å². The Balaban J connectivity index is 1.51. The number of carbonyl (C=O) groups excluding carboxylic acids is 1. The molecule has 4 aromatic rings. The van der Waals surface area contributed by atoms with Crippen LogP contribution in [0.5, 0.6) is 0 Å². The maximum Gasteiger partial charge on any atom is 0.271 e. The van der Waals surface area contributed by atoms with Gasteiger partial charge in [-0.3, -0.25) is 9.36 Å². The Morgan fingerprint density at radius 1 is 1.16 bits per heavy atom. The number of nitrogens with zero attached hydrogens (tertiary/aromatic N) is 5. The van der Waals surface area contributed by atoms with Crippen molar-refractivity contribution in [3.8, 4) is 17.3 Å². The van der Waals surface area contributed by atoms with Crippen molar-refractivity contribution in [2.24, 2.45) is 0 Å². The number of aromatic nitrogens is 5. The second-order valence-electron chi connectivity index (χ2n) is 8.49. The smallest absolute Gasteiger partial charge is 0.271 e. The molecule has 0 unspecified atom stereocenters. The molecule has 0 aliphatic carbocycles. The third-order valence-electron chi connectivity index (χ3n) is 4.89. The molecule has 1 N–H and O–H groups in total. The summed E-state index contributed by atoms with van der Waals surface area (Å²) in [6, 6.07) is 9.25. The van der Waals surface area contributed by atoms with E-state index in [0.29, 0.717) is 23.1 Å². The highest BCUT2D eigenvalue weighted by Gasteiger charge is 2.22. The molecule has 1 atom stereocenters. The number of benzene rings is 1. The standard InChI is InChI=1S/C23H23FN6O2/c1-14(15-5-7-17(24)8-6-15)27-20(31)18-12-30(13-26-18)19-11-16(9-10-25-19)21-28-22(29-32-21)23(2,3)4/h5-14H,1-4H3,(H,27,31)/t14-/m1/s1. The van der Waals surface area contributed by atoms with E-state index in [9.17, 15) is 9.18 Å². The zero-order valence-corrected chi connectivity index (χ0v) is 18.2. The minimum atomic E-state index is -0.344. The second kappa shape index (κ2) is 8.33. The number of hydrogen-bond donors (Lipinski definition) is 1. The highest BCUT2D eigenvalue weighted by Crippen LogP contribution is 2.24. The van der Waals surface area contributed by atoms with Gasteiger partial charge in [0, 0.05) is 23.4 Å². The highest BCUT2D eigenvalue weighted by molar-refractivity contribution is 5.92. The van der Waals surface area contributed by atoms with E-state index >= 15 is 0 Å². The molecule has 4 rings (SSSR count). The maximum atomic E-state index is 13.1. The van der Waals surface area contributed by atoms with Gasteiger partial charge in [0.2, 0.25) is 0 Å². The molecule has 0 saturated carbocycles. The molecule has 0 saturated heterocycles. The molecule has 0 bridgehead atoms. The third-order valence-corrected chi connectivity index (χ3v) is 4.89. The number of hydrogen-bond acceptors (Lipinski definition) is 6. The predicted molar refractivity (Wildman–Crippen MR) is 116 cm³/mol. The topological polar surface area (TPSA) is 98.7 Å². The Morgan fingerprint density at radius 2 is 1.91 bits per heavy atom. The number of imidazole rings is 1. The number of pyridine rings is 1. The van der Waals surface area contributed by atoms with Gasteiger partial charge in [0.1, 0.15) is 23.7 Å². The van der Waals surface area contributed by atoms with Gasteiger partial charge >= 0.3 is 0 Å². The van der Waals surface area contributed by atoms with Crippen LogP contribution in [0.2, 0.25) is 0 Å². The summed E-state index contributed by atoms with van der Waals surface area (Å²) in [4.78, 5) is 25.6. The average molecular weight is 434 g/mol. The molecule has 0 aliphatic rings. The molecule has 1 aromatic carbocycles. The zero-order valence-electron chi connectivity index (χ0n) is 18.2. The van der Waals surface area contributed by atoms with Crippen LogP contribution in [-0.4, -0.2) is 30.6 Å². The van der Waals surface area contributed by atoms with Crippen molar-refractivity contribution in [2.45, 2.75) is 39.2 Å². The number of halogens is 1. The van der Waals surface area contributed by atoms with Gasteiger partial charge in [-0.05, 0) is 36.8 Å². The van der Waals surface area contributed by atoms with Crippen molar-refractivity contribution in [3.63, 3.8) is 0 Å². The molecule has 0 spiro atoms. The van der Waals surface area contributed by atoms with Gasteiger partial charge in [-0.25, -0.2) is 14.4 Å². The van der Waals surface area contributed by atoms with Gasteiger partial charge in [-0.15, -0.1) is 0 Å². The number of carbonyl (C=O) groups is 1. The van der Waals surface area contributed by atoms with Crippen LogP contribution in [0.1, 0.15) is 55.6 Å². The first kappa shape index (κ1) is 21.4. The van der Waals surface area contributed by atoms with E-state index in [2.05, 4.69) is 25.4 Å². The first-order valence-electron chi connectivity index (χ1n) is 10.1. The third kappa shape index (κ3) is 4.56. The highest BCUT2D eigenvalue weighted by atomic mass is 19.1. The number of nitrogens with one attached hydrogen (secondary N) is 1. The lowest BCUT2D eigenvalue weighted by molar-refractivity contribution is 0.0935. The van der Waals surface area contributed by atoms with Crippen LogP contribution in [0.15, 0.2) is 59.6 Å². The van der Waals surface area contributed by atoms with Crippen molar-refractivity contribution in [1.82, 2.24) is 30.0 Å². The van der Waals surface area contributed by atoms with Crippen LogP contribution in [0.3, 0.4) is 0 Å². The first-order valence-corrected chi connectivity index (χ1v) is 10.1. The normalized spacial score (nSPS) is 12.5. The summed E-state index contributed by atoms with van der Waals surface area (Å²) >= 11 is 0. The Bertz CT molecular complexity index is 1240. The summed E-state index contributed by atoms with van der Waals surface area (Å²) in [5, 5.41) is 6.91. The van der Waals surface area contributed by atoms with E-state index < -0.39 is 0 Å². The van der Waals surface area contributed by atoms with Crippen molar-refractivity contribution < 1.29 is 13.7 Å². The predicted octanol–water partition coefficient (Wildman–Crippen LogP) is 4.24. The number of amides is 1. The summed E-state index contributed by atoms with van der Waals surface area (Å²) in [6.07, 6.45) is 4.73. The van der Waals surface area contributed by atoms with Gasteiger partial charge in [0.05, 0.1) is 6.04 Å². The van der Waals surface area contributed by atoms with Gasteiger partial charge in [-0.1, -0.05) is 38.1 Å². The average Bonchev–Trinajstić information content (AvgIpc) is 3.44. The Kier molecular flexibility index (Phi) is 5.56. The molecule has 0 radical (unpaired) electrons. The molecular formula is C23H23FN6O2. The lowest BCUT2D eigenvalue weighted by Gasteiger charge is -2.13. The van der Waals surface area contributed by atoms with E-state index in [1.54, 1.807) is 41.2 Å². The number of rotatable bonds is 5. The monoisotopic (exact) mass is 434 g/mol. The van der Waals surface area contributed by atoms with Crippen LogP contribution in [0.25, 0.3) is 17.3 Å². The second-order valence-corrected chi connectivity index (χ2v) is 8.49. The van der Waals surface area contributed by atoms with Crippen LogP contribution >= 0.6 is 0 Å². The molecule has 9 heteroatoms. The van der Waals surface area contributed by atoms with E-state index in [4.69, 9.17) is 4.52 Å². The van der Waals surface area contributed by atoms with Crippen LogP contribution < -0.4 is 5.32 Å². The summed E-state index contributed by atoms with van der Waals surface area (Å²) in [6.45, 7) is 7.85.